The number of benzene rings is 2. The van der Waals surface area contributed by atoms with Crippen molar-refractivity contribution in [3.63, 3.8) is 0 Å². The standard InChI is InChI=1S/C13H19N3O2.C8H7NO2.C6H13N.CH4/c1-15-6-8-16(9-7-15)13(17)14-11-4-3-5-12(10-11)18-2;1-11-8-4-2-3-7(5-8)9-6-10;1-7-5-3-2-4-6-7;/h3-5,10H,6-9H2,1-2H3,(H,14,17);2-5H,1H3;2-6H2,1H3;1H4. The van der Waals surface area contributed by atoms with Crippen molar-refractivity contribution in [2.45, 2.75) is 26.7 Å². The second kappa shape index (κ2) is 17.9. The number of nitrogens with one attached hydrogen (secondary N) is 1. The summed E-state index contributed by atoms with van der Waals surface area (Å²) in [6.45, 7) is 6.02. The first-order valence-corrected chi connectivity index (χ1v) is 12.2. The first-order chi connectivity index (χ1) is 17.4. The van der Waals surface area contributed by atoms with E-state index in [1.807, 2.05) is 29.2 Å². The molecule has 0 atom stereocenters. The van der Waals surface area contributed by atoms with Crippen LogP contribution in [-0.4, -0.2) is 94.4 Å². The smallest absolute Gasteiger partial charge is 0.321 e. The summed E-state index contributed by atoms with van der Waals surface area (Å²) < 4.78 is 10.0. The Morgan fingerprint density at radius 3 is 1.95 bits per heavy atom. The number of piperidine rings is 1. The van der Waals surface area contributed by atoms with E-state index < -0.39 is 0 Å². The molecule has 9 heteroatoms. The number of nitrogens with zero attached hydrogens (tertiary/aromatic N) is 4. The molecule has 2 aromatic rings. The van der Waals surface area contributed by atoms with Crippen molar-refractivity contribution in [2.24, 2.45) is 4.99 Å². The number of urea groups is 1. The van der Waals surface area contributed by atoms with E-state index in [9.17, 15) is 9.59 Å². The molecule has 2 fully saturated rings. The van der Waals surface area contributed by atoms with Crippen molar-refractivity contribution < 1.29 is 19.1 Å². The number of aliphatic imine (C=N–C) groups is 1. The summed E-state index contributed by atoms with van der Waals surface area (Å²) in [4.78, 5) is 31.7. The highest BCUT2D eigenvalue weighted by Crippen LogP contribution is 2.18. The highest BCUT2D eigenvalue weighted by atomic mass is 16.5. The third kappa shape index (κ3) is 12.4. The second-order valence-corrected chi connectivity index (χ2v) is 8.72. The van der Waals surface area contributed by atoms with E-state index in [0.29, 0.717) is 11.4 Å². The minimum absolute atomic E-state index is 0. The fourth-order valence-electron chi connectivity index (χ4n) is 3.70. The number of amides is 2. The zero-order chi connectivity index (χ0) is 26.2. The molecule has 0 aliphatic carbocycles. The van der Waals surface area contributed by atoms with Gasteiger partial charge in [-0.15, -0.1) is 0 Å². The van der Waals surface area contributed by atoms with Gasteiger partial charge in [0.2, 0.25) is 6.08 Å². The Morgan fingerprint density at radius 2 is 1.41 bits per heavy atom. The summed E-state index contributed by atoms with van der Waals surface area (Å²) >= 11 is 0. The number of hydrogen-bond acceptors (Lipinski definition) is 7. The molecule has 2 aliphatic heterocycles. The summed E-state index contributed by atoms with van der Waals surface area (Å²) in [5, 5.41) is 2.89. The van der Waals surface area contributed by atoms with Crippen molar-refractivity contribution in [2.75, 3.05) is 72.9 Å². The number of likely N-dealkylation sites (N-methyl/N-ethyl adjacent to an activating group) is 1. The number of methoxy groups -OCH3 is 2. The van der Waals surface area contributed by atoms with Gasteiger partial charge >= 0.3 is 6.03 Å². The van der Waals surface area contributed by atoms with Crippen LogP contribution in [0.2, 0.25) is 0 Å². The number of rotatable bonds is 4. The molecule has 9 nitrogen and oxygen atoms in total. The Morgan fingerprint density at radius 1 is 0.838 bits per heavy atom. The predicted molar refractivity (Wildman–Crippen MR) is 150 cm³/mol. The first kappa shape index (κ1) is 31.6. The zero-order valence-corrected chi connectivity index (χ0v) is 21.9. The molecule has 0 saturated carbocycles. The molecule has 4 rings (SSSR count). The Labute approximate surface area is 222 Å². The van der Waals surface area contributed by atoms with Crippen LogP contribution in [0.5, 0.6) is 11.5 Å². The number of isocyanates is 1. The van der Waals surface area contributed by atoms with Crippen LogP contribution in [-0.2, 0) is 4.79 Å². The monoisotopic (exact) mass is 513 g/mol. The van der Waals surface area contributed by atoms with Crippen molar-refractivity contribution in [3.8, 4) is 11.5 Å². The Hall–Kier alpha value is -3.39. The Balaban J connectivity index is 0.000000306. The molecular formula is C28H43N5O4. The van der Waals surface area contributed by atoms with Crippen LogP contribution in [0.1, 0.15) is 26.7 Å². The molecule has 0 aromatic heterocycles. The minimum Gasteiger partial charge on any atom is -0.497 e. The van der Waals surface area contributed by atoms with Crippen molar-refractivity contribution in [1.82, 2.24) is 14.7 Å². The third-order valence-electron chi connectivity index (χ3n) is 5.92. The summed E-state index contributed by atoms with van der Waals surface area (Å²) in [6.07, 6.45) is 5.73. The van der Waals surface area contributed by atoms with E-state index in [1.54, 1.807) is 38.5 Å². The van der Waals surface area contributed by atoms with Crippen LogP contribution < -0.4 is 14.8 Å². The van der Waals surface area contributed by atoms with Gasteiger partial charge in [0, 0.05) is 44.0 Å². The van der Waals surface area contributed by atoms with E-state index in [-0.39, 0.29) is 13.5 Å². The van der Waals surface area contributed by atoms with Gasteiger partial charge in [-0.3, -0.25) is 0 Å². The Kier molecular flexibility index (Phi) is 15.3. The molecule has 204 valence electrons. The van der Waals surface area contributed by atoms with Crippen LogP contribution in [0.25, 0.3) is 0 Å². The van der Waals surface area contributed by atoms with E-state index in [4.69, 9.17) is 9.47 Å². The molecule has 37 heavy (non-hydrogen) atoms. The van der Waals surface area contributed by atoms with Crippen LogP contribution in [0.3, 0.4) is 0 Å². The van der Waals surface area contributed by atoms with E-state index >= 15 is 0 Å². The molecular weight excluding hydrogens is 470 g/mol. The molecule has 2 amide bonds. The fourth-order valence-corrected chi connectivity index (χ4v) is 3.70. The summed E-state index contributed by atoms with van der Waals surface area (Å²) in [5.41, 5.74) is 1.32. The Bertz CT molecular complexity index is 967. The average molecular weight is 514 g/mol. The maximum Gasteiger partial charge on any atom is 0.321 e. The number of piperazine rings is 1. The predicted octanol–water partition coefficient (Wildman–Crippen LogP) is 4.88. The van der Waals surface area contributed by atoms with Gasteiger partial charge in [0.1, 0.15) is 11.5 Å². The summed E-state index contributed by atoms with van der Waals surface area (Å²) in [5.74, 6) is 1.42. The highest BCUT2D eigenvalue weighted by Gasteiger charge is 2.18. The third-order valence-corrected chi connectivity index (χ3v) is 5.92. The summed E-state index contributed by atoms with van der Waals surface area (Å²) in [6, 6.07) is 14.2. The lowest BCUT2D eigenvalue weighted by atomic mass is 10.1. The number of hydrogen-bond donors (Lipinski definition) is 1. The molecule has 2 aromatic carbocycles. The fraction of sp³-hybridized carbons (Fsp3) is 0.500. The van der Waals surface area contributed by atoms with E-state index in [2.05, 4.69) is 34.2 Å². The molecule has 2 aliphatic rings. The maximum absolute atomic E-state index is 12.0. The topological polar surface area (TPSA) is 86.7 Å². The van der Waals surface area contributed by atoms with Gasteiger partial charge in [-0.25, -0.2) is 9.59 Å². The minimum atomic E-state index is -0.0450. The van der Waals surface area contributed by atoms with Crippen LogP contribution in [0, 0.1) is 0 Å². The zero-order valence-electron chi connectivity index (χ0n) is 21.9. The normalized spacial score (nSPS) is 15.3. The largest absolute Gasteiger partial charge is 0.497 e. The van der Waals surface area contributed by atoms with Gasteiger partial charge in [-0.05, 0) is 64.3 Å². The highest BCUT2D eigenvalue weighted by molar-refractivity contribution is 5.89. The van der Waals surface area contributed by atoms with Crippen molar-refractivity contribution in [1.29, 1.82) is 0 Å². The quantitative estimate of drug-likeness (QED) is 0.463. The van der Waals surface area contributed by atoms with Crippen LogP contribution in [0.4, 0.5) is 16.2 Å². The number of carbonyl (C=O) groups is 1. The number of anilines is 1. The lowest BCUT2D eigenvalue weighted by Crippen LogP contribution is -2.48. The molecule has 0 bridgehead atoms. The van der Waals surface area contributed by atoms with Crippen LogP contribution >= 0.6 is 0 Å². The first-order valence-electron chi connectivity index (χ1n) is 12.2. The maximum atomic E-state index is 12.0. The molecule has 0 spiro atoms. The van der Waals surface area contributed by atoms with Gasteiger partial charge in [0.25, 0.3) is 0 Å². The van der Waals surface area contributed by atoms with Gasteiger partial charge < -0.3 is 29.5 Å². The second-order valence-electron chi connectivity index (χ2n) is 8.72. The van der Waals surface area contributed by atoms with Gasteiger partial charge in [0.15, 0.2) is 0 Å². The molecule has 1 N–H and O–H groups in total. The number of ether oxygens (including phenoxy) is 2. The van der Waals surface area contributed by atoms with E-state index in [1.165, 1.54) is 38.4 Å². The lowest BCUT2D eigenvalue weighted by Gasteiger charge is -2.32. The number of carbonyl (C=O) groups excluding carboxylic acids is 2. The lowest BCUT2D eigenvalue weighted by molar-refractivity contribution is 0.164. The van der Waals surface area contributed by atoms with Gasteiger partial charge in [-0.2, -0.15) is 4.99 Å². The van der Waals surface area contributed by atoms with Crippen molar-refractivity contribution in [3.05, 3.63) is 48.5 Å². The van der Waals surface area contributed by atoms with Gasteiger partial charge in [0.05, 0.1) is 19.9 Å². The SMILES string of the molecule is C.CN1CCCCC1.COc1cccc(N=C=O)c1.COc1cccc(NC(=O)N2CCN(C)CC2)c1. The van der Waals surface area contributed by atoms with Crippen LogP contribution in [0.15, 0.2) is 53.5 Å². The molecule has 0 radical (unpaired) electrons. The van der Waals surface area contributed by atoms with Crippen molar-refractivity contribution >= 4 is 23.5 Å². The molecule has 2 saturated heterocycles. The number of likely N-dealkylation sites (tertiary alicyclic amines) is 1. The molecule has 0 unspecified atom stereocenters. The molecule has 2 heterocycles. The van der Waals surface area contributed by atoms with E-state index in [0.717, 1.165) is 37.6 Å². The summed E-state index contributed by atoms with van der Waals surface area (Å²) in [7, 11) is 7.43. The van der Waals surface area contributed by atoms with Gasteiger partial charge in [-0.1, -0.05) is 26.0 Å². The average Bonchev–Trinajstić information content (AvgIpc) is 2.91.